The van der Waals surface area contributed by atoms with Crippen molar-refractivity contribution in [2.45, 2.75) is 20.3 Å². The van der Waals surface area contributed by atoms with E-state index in [0.717, 1.165) is 40.2 Å². The van der Waals surface area contributed by atoms with Crippen LogP contribution in [0.4, 0.5) is 0 Å². The minimum absolute atomic E-state index is 0.0884. The Morgan fingerprint density at radius 2 is 1.85 bits per heavy atom. The number of rotatable bonds is 2. The zero-order chi connectivity index (χ0) is 14.1. The van der Waals surface area contributed by atoms with Gasteiger partial charge in [-0.05, 0) is 31.6 Å². The molecule has 2 heteroatoms. The molecule has 1 aliphatic carbocycles. The van der Waals surface area contributed by atoms with Gasteiger partial charge in [-0.25, -0.2) is 0 Å². The summed E-state index contributed by atoms with van der Waals surface area (Å²) in [4.78, 5) is 12.5. The highest BCUT2D eigenvalue weighted by molar-refractivity contribution is 6.12. The van der Waals surface area contributed by atoms with Crippen LogP contribution in [0, 0.1) is 0 Å². The summed E-state index contributed by atoms with van der Waals surface area (Å²) in [6, 6.07) is 13.5. The van der Waals surface area contributed by atoms with Crippen LogP contribution in [0.1, 0.15) is 40.9 Å². The van der Waals surface area contributed by atoms with Crippen molar-refractivity contribution in [3.8, 4) is 5.75 Å². The van der Waals surface area contributed by atoms with E-state index in [4.69, 9.17) is 4.74 Å². The molecule has 0 saturated carbocycles. The molecule has 0 radical (unpaired) electrons. The molecule has 3 rings (SSSR count). The number of allylic oxidation sites excluding steroid dienone is 2. The third kappa shape index (κ3) is 2.03. The first-order chi connectivity index (χ1) is 9.70. The van der Waals surface area contributed by atoms with E-state index in [0.29, 0.717) is 0 Å². The minimum atomic E-state index is 0.0884. The van der Waals surface area contributed by atoms with Gasteiger partial charge in [-0.3, -0.25) is 4.79 Å². The molecular weight excluding hydrogens is 248 g/mol. The van der Waals surface area contributed by atoms with Crippen LogP contribution in [0.5, 0.6) is 5.75 Å². The van der Waals surface area contributed by atoms with Crippen LogP contribution in [0.25, 0.3) is 0 Å². The lowest BCUT2D eigenvalue weighted by molar-refractivity contribution is 0.103. The predicted octanol–water partition coefficient (Wildman–Crippen LogP) is 4.12. The molecule has 2 aromatic carbocycles. The number of carbonyl (C=O) groups excluding carboxylic acids is 1. The van der Waals surface area contributed by atoms with E-state index >= 15 is 0 Å². The second-order valence-corrected chi connectivity index (χ2v) is 4.95. The Labute approximate surface area is 118 Å². The first-order valence-corrected chi connectivity index (χ1v) is 6.76. The molecule has 20 heavy (non-hydrogen) atoms. The zero-order valence-corrected chi connectivity index (χ0v) is 11.6. The molecule has 0 heterocycles. The molecule has 0 saturated heterocycles. The van der Waals surface area contributed by atoms with Gasteiger partial charge in [0.15, 0.2) is 5.78 Å². The maximum absolute atomic E-state index is 12.5. The maximum atomic E-state index is 12.5. The predicted molar refractivity (Wildman–Crippen MR) is 79.2 cm³/mol. The van der Waals surface area contributed by atoms with E-state index in [9.17, 15) is 4.79 Å². The second kappa shape index (κ2) is 4.97. The Balaban J connectivity index is 2.11. The highest BCUT2D eigenvalue weighted by atomic mass is 16.5. The summed E-state index contributed by atoms with van der Waals surface area (Å²) >= 11 is 0. The van der Waals surface area contributed by atoms with Crippen LogP contribution in [-0.2, 0) is 6.42 Å². The Hall–Kier alpha value is -2.35. The standard InChI is InChI=1S/C18H16O2/c1-3-12(2)20-17-10-6-9-15-16(17)11-13-7-4-5-8-14(13)18(15)19/h3-10H,11H2,1-2H3/b12-3+. The number of ketones is 1. The van der Waals surface area contributed by atoms with Gasteiger partial charge in [-0.15, -0.1) is 0 Å². The molecule has 0 N–H and O–H groups in total. The third-order valence-corrected chi connectivity index (χ3v) is 3.68. The lowest BCUT2D eigenvalue weighted by atomic mass is 9.84. The van der Waals surface area contributed by atoms with Crippen LogP contribution >= 0.6 is 0 Å². The molecule has 1 aliphatic rings. The maximum Gasteiger partial charge on any atom is 0.193 e. The third-order valence-electron chi connectivity index (χ3n) is 3.68. The lowest BCUT2D eigenvalue weighted by Gasteiger charge is -2.21. The molecule has 0 fully saturated rings. The van der Waals surface area contributed by atoms with Gasteiger partial charge in [0.2, 0.25) is 0 Å². The summed E-state index contributed by atoms with van der Waals surface area (Å²) in [5, 5.41) is 0. The van der Waals surface area contributed by atoms with Crippen molar-refractivity contribution >= 4 is 5.78 Å². The van der Waals surface area contributed by atoms with Crippen molar-refractivity contribution in [3.63, 3.8) is 0 Å². The van der Waals surface area contributed by atoms with E-state index in [2.05, 4.69) is 0 Å². The molecule has 0 amide bonds. The summed E-state index contributed by atoms with van der Waals surface area (Å²) < 4.78 is 5.83. The van der Waals surface area contributed by atoms with E-state index in [1.165, 1.54) is 0 Å². The van der Waals surface area contributed by atoms with Gasteiger partial charge < -0.3 is 4.74 Å². The van der Waals surface area contributed by atoms with Crippen LogP contribution in [0.2, 0.25) is 0 Å². The van der Waals surface area contributed by atoms with Crippen molar-refractivity contribution in [3.05, 3.63) is 76.6 Å². The van der Waals surface area contributed by atoms with E-state index in [1.54, 1.807) is 0 Å². The smallest absolute Gasteiger partial charge is 0.193 e. The molecule has 0 spiro atoms. The lowest BCUT2D eigenvalue weighted by Crippen LogP contribution is -2.15. The zero-order valence-electron chi connectivity index (χ0n) is 11.6. The largest absolute Gasteiger partial charge is 0.462 e. The number of benzene rings is 2. The number of ether oxygens (including phenoxy) is 1. The number of hydrogen-bond donors (Lipinski definition) is 0. The Morgan fingerprint density at radius 1 is 1.10 bits per heavy atom. The summed E-state index contributed by atoms with van der Waals surface area (Å²) in [6.45, 7) is 3.85. The van der Waals surface area contributed by atoms with E-state index in [-0.39, 0.29) is 5.78 Å². The van der Waals surface area contributed by atoms with Crippen LogP contribution in [0.3, 0.4) is 0 Å². The van der Waals surface area contributed by atoms with Crippen molar-refractivity contribution in [1.29, 1.82) is 0 Å². The summed E-state index contributed by atoms with van der Waals surface area (Å²) in [5.41, 5.74) is 3.61. The van der Waals surface area contributed by atoms with Crippen molar-refractivity contribution in [2.24, 2.45) is 0 Å². The summed E-state index contributed by atoms with van der Waals surface area (Å²) in [5.74, 6) is 1.70. The topological polar surface area (TPSA) is 26.3 Å². The van der Waals surface area contributed by atoms with Gasteiger partial charge in [0.25, 0.3) is 0 Å². The fourth-order valence-electron chi connectivity index (χ4n) is 2.52. The number of fused-ring (bicyclic) bond motifs is 2. The molecule has 100 valence electrons. The van der Waals surface area contributed by atoms with E-state index < -0.39 is 0 Å². The van der Waals surface area contributed by atoms with Gasteiger partial charge in [0.05, 0.1) is 5.76 Å². The molecular formula is C18H16O2. The van der Waals surface area contributed by atoms with Crippen LogP contribution in [-0.4, -0.2) is 5.78 Å². The minimum Gasteiger partial charge on any atom is -0.462 e. The van der Waals surface area contributed by atoms with Gasteiger partial charge in [0, 0.05) is 23.1 Å². The quantitative estimate of drug-likeness (QED) is 0.651. The number of carbonyl (C=O) groups is 1. The number of hydrogen-bond acceptors (Lipinski definition) is 2. The summed E-state index contributed by atoms with van der Waals surface area (Å²) in [6.07, 6.45) is 2.66. The monoisotopic (exact) mass is 264 g/mol. The van der Waals surface area contributed by atoms with Crippen LogP contribution in [0.15, 0.2) is 54.3 Å². The molecule has 0 atom stereocenters. The SMILES string of the molecule is C/C=C(\C)Oc1cccc2c1Cc1ccccc1C2=O. The van der Waals surface area contributed by atoms with Crippen molar-refractivity contribution in [1.82, 2.24) is 0 Å². The first-order valence-electron chi connectivity index (χ1n) is 6.76. The Morgan fingerprint density at radius 3 is 2.65 bits per heavy atom. The fourth-order valence-corrected chi connectivity index (χ4v) is 2.52. The molecule has 2 aromatic rings. The highest BCUT2D eigenvalue weighted by Gasteiger charge is 2.25. The average molecular weight is 264 g/mol. The second-order valence-electron chi connectivity index (χ2n) is 4.95. The highest BCUT2D eigenvalue weighted by Crippen LogP contribution is 2.33. The Kier molecular flexibility index (Phi) is 3.15. The molecule has 0 unspecified atom stereocenters. The molecule has 0 aromatic heterocycles. The van der Waals surface area contributed by atoms with Gasteiger partial charge >= 0.3 is 0 Å². The van der Waals surface area contributed by atoms with Crippen LogP contribution < -0.4 is 4.74 Å². The van der Waals surface area contributed by atoms with Gasteiger partial charge in [-0.2, -0.15) is 0 Å². The first kappa shape index (κ1) is 12.7. The fraction of sp³-hybridized carbons (Fsp3) is 0.167. The summed E-state index contributed by atoms with van der Waals surface area (Å²) in [7, 11) is 0. The molecule has 0 bridgehead atoms. The molecule has 0 aliphatic heterocycles. The van der Waals surface area contributed by atoms with E-state index in [1.807, 2.05) is 62.4 Å². The van der Waals surface area contributed by atoms with Gasteiger partial charge in [-0.1, -0.05) is 36.4 Å². The van der Waals surface area contributed by atoms with Crippen molar-refractivity contribution in [2.75, 3.05) is 0 Å². The average Bonchev–Trinajstić information content (AvgIpc) is 2.48. The Bertz CT molecular complexity index is 711. The molecule has 2 nitrogen and oxygen atoms in total. The van der Waals surface area contributed by atoms with Gasteiger partial charge in [0.1, 0.15) is 5.75 Å². The normalized spacial score (nSPS) is 13.7. The van der Waals surface area contributed by atoms with Crippen molar-refractivity contribution < 1.29 is 9.53 Å².